The van der Waals surface area contributed by atoms with Gasteiger partial charge in [-0.25, -0.2) is 0 Å². The van der Waals surface area contributed by atoms with Crippen molar-refractivity contribution in [2.45, 2.75) is 19.8 Å². The maximum atomic E-state index is 11.5. The average molecular weight is 204 g/mol. The molecule has 0 aliphatic carbocycles. The fourth-order valence-corrected chi connectivity index (χ4v) is 1.17. The average Bonchev–Trinajstić information content (AvgIpc) is 2.26. The molecule has 0 aliphatic heterocycles. The summed E-state index contributed by atoms with van der Waals surface area (Å²) in [6.07, 6.45) is 0.103. The van der Waals surface area contributed by atoms with Gasteiger partial charge in [-0.2, -0.15) is 0 Å². The molecule has 15 heavy (non-hydrogen) atoms. The van der Waals surface area contributed by atoms with E-state index in [2.05, 4.69) is 0 Å². The van der Waals surface area contributed by atoms with Crippen molar-refractivity contribution in [3.8, 4) is 0 Å². The minimum atomic E-state index is -0.490. The second-order valence-electron chi connectivity index (χ2n) is 3.27. The largest absolute Gasteiger partial charge is 0.294 e. The first-order valence-electron chi connectivity index (χ1n) is 4.73. The third-order valence-corrected chi connectivity index (χ3v) is 2.07. The van der Waals surface area contributed by atoms with Gasteiger partial charge in [-0.05, 0) is 0 Å². The summed E-state index contributed by atoms with van der Waals surface area (Å²) in [6, 6.07) is 8.73. The molecule has 0 saturated carbocycles. The Hall–Kier alpha value is -1.77. The molecular weight excluding hydrogens is 192 g/mol. The number of Topliss-reactive ketones (excluding diaryl/α,β-unsaturated/α-hetero) is 3. The number of hydrogen-bond acceptors (Lipinski definition) is 3. The molecule has 1 aromatic rings. The smallest absolute Gasteiger partial charge is 0.198 e. The van der Waals surface area contributed by atoms with Crippen molar-refractivity contribution in [3.63, 3.8) is 0 Å². The summed E-state index contributed by atoms with van der Waals surface area (Å²) in [6.45, 7) is 1.22. The highest BCUT2D eigenvalue weighted by Crippen LogP contribution is 2.05. The summed E-state index contributed by atoms with van der Waals surface area (Å²) >= 11 is 0. The van der Waals surface area contributed by atoms with Crippen molar-refractivity contribution >= 4 is 17.3 Å². The van der Waals surface area contributed by atoms with E-state index >= 15 is 0 Å². The van der Waals surface area contributed by atoms with Crippen LogP contribution in [0.15, 0.2) is 30.3 Å². The lowest BCUT2D eigenvalue weighted by atomic mass is 10.0. The maximum Gasteiger partial charge on any atom is 0.198 e. The summed E-state index contributed by atoms with van der Waals surface area (Å²) in [5.41, 5.74) is 0.578. The zero-order chi connectivity index (χ0) is 11.3. The quantitative estimate of drug-likeness (QED) is 0.543. The number of carbonyl (C=O) groups is 3. The lowest BCUT2D eigenvalue weighted by molar-refractivity contribution is -0.135. The number of hydrogen-bond donors (Lipinski definition) is 0. The Morgan fingerprint density at radius 2 is 1.60 bits per heavy atom. The van der Waals surface area contributed by atoms with Crippen LogP contribution in [0.5, 0.6) is 0 Å². The summed E-state index contributed by atoms with van der Waals surface area (Å²) in [4.78, 5) is 33.1. The molecule has 0 fully saturated rings. The fraction of sp³-hybridized carbons (Fsp3) is 0.250. The van der Waals surface area contributed by atoms with Gasteiger partial charge in [-0.3, -0.25) is 14.4 Å². The van der Waals surface area contributed by atoms with Gasteiger partial charge >= 0.3 is 0 Å². The minimum Gasteiger partial charge on any atom is -0.294 e. The standard InChI is InChI=1S/C12H12O3/c1-9(13)11(14)7-8-12(15)10-5-3-2-4-6-10/h2-6H,7-8H2,1H3. The van der Waals surface area contributed by atoms with Gasteiger partial charge in [0.05, 0.1) is 0 Å². The number of ketones is 3. The second-order valence-corrected chi connectivity index (χ2v) is 3.27. The van der Waals surface area contributed by atoms with Gasteiger partial charge in [-0.15, -0.1) is 0 Å². The van der Waals surface area contributed by atoms with Crippen LogP contribution in [-0.2, 0) is 9.59 Å². The molecule has 1 aromatic carbocycles. The van der Waals surface area contributed by atoms with Crippen molar-refractivity contribution in [1.29, 1.82) is 0 Å². The van der Waals surface area contributed by atoms with Crippen LogP contribution in [0.3, 0.4) is 0 Å². The SMILES string of the molecule is CC(=O)C(=O)CCC(=O)c1ccccc1. The van der Waals surface area contributed by atoms with Crippen LogP contribution in [0.4, 0.5) is 0 Å². The molecule has 1 rings (SSSR count). The maximum absolute atomic E-state index is 11.5. The van der Waals surface area contributed by atoms with Crippen molar-refractivity contribution < 1.29 is 14.4 Å². The molecule has 0 atom stereocenters. The Morgan fingerprint density at radius 3 is 2.13 bits per heavy atom. The van der Waals surface area contributed by atoms with Crippen molar-refractivity contribution in [2.75, 3.05) is 0 Å². The Bertz CT molecular complexity index is 379. The number of carbonyl (C=O) groups excluding carboxylic acids is 3. The van der Waals surface area contributed by atoms with Crippen molar-refractivity contribution in [1.82, 2.24) is 0 Å². The third-order valence-electron chi connectivity index (χ3n) is 2.07. The van der Waals surface area contributed by atoms with E-state index in [-0.39, 0.29) is 18.6 Å². The van der Waals surface area contributed by atoms with E-state index < -0.39 is 11.6 Å². The lowest BCUT2D eigenvalue weighted by Crippen LogP contribution is -2.11. The van der Waals surface area contributed by atoms with Gasteiger partial charge in [0.2, 0.25) is 0 Å². The Labute approximate surface area is 88.1 Å². The molecule has 0 heterocycles. The molecule has 0 N–H and O–H groups in total. The topological polar surface area (TPSA) is 51.2 Å². The predicted octanol–water partition coefficient (Wildman–Crippen LogP) is 1.81. The van der Waals surface area contributed by atoms with E-state index in [1.165, 1.54) is 6.92 Å². The molecule has 0 spiro atoms. The van der Waals surface area contributed by atoms with Crippen LogP contribution in [0.1, 0.15) is 30.1 Å². The fourth-order valence-electron chi connectivity index (χ4n) is 1.17. The molecule has 3 heteroatoms. The normalized spacial score (nSPS) is 9.67. The summed E-state index contributed by atoms with van der Waals surface area (Å²) < 4.78 is 0. The van der Waals surface area contributed by atoms with Crippen LogP contribution < -0.4 is 0 Å². The van der Waals surface area contributed by atoms with E-state index in [1.54, 1.807) is 24.3 Å². The summed E-state index contributed by atoms with van der Waals surface area (Å²) in [5.74, 6) is -1.08. The third kappa shape index (κ3) is 3.46. The van der Waals surface area contributed by atoms with E-state index in [0.29, 0.717) is 5.56 Å². The van der Waals surface area contributed by atoms with Gasteiger partial charge < -0.3 is 0 Å². The van der Waals surface area contributed by atoms with E-state index in [0.717, 1.165) is 0 Å². The molecule has 0 aromatic heterocycles. The van der Waals surface area contributed by atoms with Crippen molar-refractivity contribution in [3.05, 3.63) is 35.9 Å². The molecule has 0 bridgehead atoms. The van der Waals surface area contributed by atoms with Gasteiger partial charge in [0.25, 0.3) is 0 Å². The first-order valence-corrected chi connectivity index (χ1v) is 4.73. The van der Waals surface area contributed by atoms with Gasteiger partial charge in [0, 0.05) is 25.3 Å². The first-order chi connectivity index (χ1) is 7.11. The number of benzene rings is 1. The highest BCUT2D eigenvalue weighted by molar-refractivity contribution is 6.36. The van der Waals surface area contributed by atoms with Gasteiger partial charge in [0.15, 0.2) is 17.3 Å². The molecule has 78 valence electrons. The van der Waals surface area contributed by atoms with Crippen molar-refractivity contribution in [2.24, 2.45) is 0 Å². The minimum absolute atomic E-state index is 0.00304. The van der Waals surface area contributed by atoms with Crippen LogP contribution in [0.2, 0.25) is 0 Å². The van der Waals surface area contributed by atoms with Crippen LogP contribution in [0.25, 0.3) is 0 Å². The second kappa shape index (κ2) is 5.20. The molecule has 0 saturated heterocycles. The zero-order valence-corrected chi connectivity index (χ0v) is 8.53. The Morgan fingerprint density at radius 1 is 1.00 bits per heavy atom. The molecule has 0 radical (unpaired) electrons. The molecule has 0 amide bonds. The molecule has 0 aliphatic rings. The predicted molar refractivity (Wildman–Crippen MR) is 55.7 cm³/mol. The Kier molecular flexibility index (Phi) is 3.92. The van der Waals surface area contributed by atoms with E-state index in [1.807, 2.05) is 6.07 Å². The van der Waals surface area contributed by atoms with Gasteiger partial charge in [-0.1, -0.05) is 30.3 Å². The summed E-state index contributed by atoms with van der Waals surface area (Å²) in [7, 11) is 0. The lowest BCUT2D eigenvalue weighted by Gasteiger charge is -1.98. The molecule has 0 unspecified atom stereocenters. The van der Waals surface area contributed by atoms with Crippen LogP contribution >= 0.6 is 0 Å². The highest BCUT2D eigenvalue weighted by atomic mass is 16.2. The zero-order valence-electron chi connectivity index (χ0n) is 8.53. The molecular formula is C12H12O3. The Balaban J connectivity index is 2.51. The summed E-state index contributed by atoms with van der Waals surface area (Å²) in [5, 5.41) is 0. The number of rotatable bonds is 5. The first kappa shape index (κ1) is 11.3. The van der Waals surface area contributed by atoms with Crippen LogP contribution in [-0.4, -0.2) is 17.3 Å². The van der Waals surface area contributed by atoms with Crippen LogP contribution in [0, 0.1) is 0 Å². The van der Waals surface area contributed by atoms with E-state index in [4.69, 9.17) is 0 Å². The van der Waals surface area contributed by atoms with E-state index in [9.17, 15) is 14.4 Å². The highest BCUT2D eigenvalue weighted by Gasteiger charge is 2.11. The molecule has 3 nitrogen and oxygen atoms in total. The monoisotopic (exact) mass is 204 g/mol. The van der Waals surface area contributed by atoms with Gasteiger partial charge in [0.1, 0.15) is 0 Å².